The molecule has 1 heterocycles. The highest BCUT2D eigenvalue weighted by Crippen LogP contribution is 2.48. The third-order valence-corrected chi connectivity index (χ3v) is 11.7. The molecule has 0 spiro atoms. The number of furan rings is 1. The molecule has 0 amide bonds. The van der Waals surface area contributed by atoms with Crippen molar-refractivity contribution in [2.75, 3.05) is 4.90 Å². The maximum atomic E-state index is 7.06. The number of rotatable bonds is 8. The van der Waals surface area contributed by atoms with Crippen molar-refractivity contribution in [3.63, 3.8) is 0 Å². The van der Waals surface area contributed by atoms with Gasteiger partial charge in [-0.05, 0) is 104 Å². The van der Waals surface area contributed by atoms with Crippen molar-refractivity contribution in [2.24, 2.45) is 0 Å². The van der Waals surface area contributed by atoms with E-state index < -0.39 is 0 Å². The fourth-order valence-corrected chi connectivity index (χ4v) is 8.77. The van der Waals surface area contributed by atoms with Gasteiger partial charge in [-0.2, -0.15) is 0 Å². The first-order valence-electron chi connectivity index (χ1n) is 20.5. The van der Waals surface area contributed by atoms with Gasteiger partial charge in [0.1, 0.15) is 11.3 Å². The van der Waals surface area contributed by atoms with Crippen molar-refractivity contribution in [2.45, 2.75) is 0 Å². The van der Waals surface area contributed by atoms with Gasteiger partial charge in [-0.1, -0.05) is 188 Å². The summed E-state index contributed by atoms with van der Waals surface area (Å²) in [5, 5.41) is 5.83. The lowest BCUT2D eigenvalue weighted by Gasteiger charge is -2.26. The minimum atomic E-state index is 0.888. The molecular formula is C58H39NO. The molecule has 2 nitrogen and oxygen atoms in total. The van der Waals surface area contributed by atoms with E-state index >= 15 is 0 Å². The van der Waals surface area contributed by atoms with E-state index in [-0.39, 0.29) is 0 Å². The van der Waals surface area contributed by atoms with Gasteiger partial charge in [-0.25, -0.2) is 0 Å². The van der Waals surface area contributed by atoms with Gasteiger partial charge in [-0.3, -0.25) is 0 Å². The van der Waals surface area contributed by atoms with Crippen LogP contribution in [0.3, 0.4) is 0 Å². The van der Waals surface area contributed by atoms with Crippen molar-refractivity contribution < 1.29 is 4.42 Å². The van der Waals surface area contributed by atoms with Crippen molar-refractivity contribution in [3.05, 3.63) is 237 Å². The van der Waals surface area contributed by atoms with Crippen molar-refractivity contribution in [1.82, 2.24) is 0 Å². The lowest BCUT2D eigenvalue weighted by atomic mass is 9.91. The molecule has 282 valence electrons. The van der Waals surface area contributed by atoms with E-state index in [0.717, 1.165) is 67.0 Å². The zero-order valence-corrected chi connectivity index (χ0v) is 32.9. The average molecular weight is 766 g/mol. The van der Waals surface area contributed by atoms with Crippen molar-refractivity contribution in [1.29, 1.82) is 0 Å². The quantitative estimate of drug-likeness (QED) is 0.143. The highest BCUT2D eigenvalue weighted by Gasteiger charge is 2.23. The standard InChI is InChI=1S/C58H39NO/c1-5-16-40(17-6-1)45-22-15-23-46(38-45)41-28-33-49(34-29-41)59(48-24-11-4-12-25-48)50-35-30-42(31-36-50)47-32-37-52-51-26-13-14-27-53(51)56-55(43-18-7-2-8-19-43)57(44-20-9-3-10-21-44)60-58(56)54(52)39-47/h1-39H. The fraction of sp³-hybridized carbons (Fsp3) is 0. The zero-order valence-electron chi connectivity index (χ0n) is 32.9. The minimum Gasteiger partial charge on any atom is -0.455 e. The summed E-state index contributed by atoms with van der Waals surface area (Å²) < 4.78 is 7.06. The zero-order chi connectivity index (χ0) is 39.8. The van der Waals surface area contributed by atoms with E-state index in [1.165, 1.54) is 38.4 Å². The molecule has 0 aliphatic rings. The largest absolute Gasteiger partial charge is 0.455 e. The molecule has 0 unspecified atom stereocenters. The molecule has 0 fully saturated rings. The predicted octanol–water partition coefficient (Wildman–Crippen LogP) is 16.5. The first kappa shape index (κ1) is 35.2. The summed E-state index contributed by atoms with van der Waals surface area (Å²) in [7, 11) is 0. The minimum absolute atomic E-state index is 0.888. The molecule has 60 heavy (non-hydrogen) atoms. The molecule has 0 N–H and O–H groups in total. The molecule has 2 heteroatoms. The van der Waals surface area contributed by atoms with Crippen LogP contribution < -0.4 is 4.90 Å². The van der Waals surface area contributed by atoms with Gasteiger partial charge in [0, 0.05) is 39.0 Å². The maximum absolute atomic E-state index is 7.06. The Morgan fingerprint density at radius 1 is 0.267 bits per heavy atom. The summed E-state index contributed by atoms with van der Waals surface area (Å²) in [4.78, 5) is 2.32. The molecule has 0 saturated carbocycles. The van der Waals surface area contributed by atoms with Crippen LogP contribution in [0.15, 0.2) is 241 Å². The fourth-order valence-electron chi connectivity index (χ4n) is 8.77. The monoisotopic (exact) mass is 765 g/mol. The normalized spacial score (nSPS) is 11.3. The molecule has 0 saturated heterocycles. The number of anilines is 3. The Morgan fingerprint density at radius 2 is 0.683 bits per heavy atom. The van der Waals surface area contributed by atoms with Crippen LogP contribution in [0.5, 0.6) is 0 Å². The molecule has 10 aromatic carbocycles. The van der Waals surface area contributed by atoms with Gasteiger partial charge in [-0.15, -0.1) is 0 Å². The Bertz CT molecular complexity index is 3260. The lowest BCUT2D eigenvalue weighted by molar-refractivity contribution is 0.636. The molecule has 11 aromatic rings. The Balaban J connectivity index is 0.998. The summed E-state index contributed by atoms with van der Waals surface area (Å²) in [5.74, 6) is 0.888. The number of fused-ring (bicyclic) bond motifs is 6. The SMILES string of the molecule is c1ccc(-c2cccc(-c3ccc(N(c4ccccc4)c4ccc(-c5ccc6c7ccccc7c7c(-c8ccccc8)c(-c8ccccc8)oc7c6c5)cc4)cc3)c2)cc1. The van der Waals surface area contributed by atoms with Crippen LogP contribution in [0.1, 0.15) is 0 Å². The first-order valence-corrected chi connectivity index (χ1v) is 20.5. The van der Waals surface area contributed by atoms with E-state index in [0.29, 0.717) is 0 Å². The lowest BCUT2D eigenvalue weighted by Crippen LogP contribution is -2.09. The first-order chi connectivity index (χ1) is 29.8. The van der Waals surface area contributed by atoms with Gasteiger partial charge >= 0.3 is 0 Å². The van der Waals surface area contributed by atoms with Gasteiger partial charge in [0.05, 0.1) is 0 Å². The third kappa shape index (κ3) is 6.32. The summed E-state index contributed by atoms with van der Waals surface area (Å²) in [6, 6.07) is 84.5. The average Bonchev–Trinajstić information content (AvgIpc) is 3.75. The van der Waals surface area contributed by atoms with E-state index in [9.17, 15) is 0 Å². The van der Waals surface area contributed by atoms with Gasteiger partial charge in [0.2, 0.25) is 0 Å². The number of nitrogens with zero attached hydrogens (tertiary/aromatic N) is 1. The topological polar surface area (TPSA) is 16.4 Å². The molecule has 1 aromatic heterocycles. The van der Waals surface area contributed by atoms with Crippen molar-refractivity contribution in [3.8, 4) is 55.8 Å². The Morgan fingerprint density at radius 3 is 1.28 bits per heavy atom. The molecule has 0 aliphatic carbocycles. The summed E-state index contributed by atoms with van der Waals surface area (Å²) >= 11 is 0. The van der Waals surface area contributed by atoms with Crippen LogP contribution in [0, 0.1) is 0 Å². The van der Waals surface area contributed by atoms with Crippen LogP contribution in [0.4, 0.5) is 17.1 Å². The highest BCUT2D eigenvalue weighted by atomic mass is 16.3. The second kappa shape index (κ2) is 15.1. The smallest absolute Gasteiger partial charge is 0.143 e. The van der Waals surface area contributed by atoms with E-state index in [4.69, 9.17) is 4.42 Å². The Hall–Kier alpha value is -7.94. The van der Waals surface area contributed by atoms with E-state index in [1.54, 1.807) is 0 Å². The van der Waals surface area contributed by atoms with Crippen LogP contribution in [-0.2, 0) is 0 Å². The highest BCUT2D eigenvalue weighted by molar-refractivity contribution is 6.28. The number of hydrogen-bond donors (Lipinski definition) is 0. The number of hydrogen-bond acceptors (Lipinski definition) is 2. The number of benzene rings is 10. The van der Waals surface area contributed by atoms with Gasteiger partial charge < -0.3 is 9.32 Å². The summed E-state index contributed by atoms with van der Waals surface area (Å²) in [6.45, 7) is 0. The van der Waals surface area contributed by atoms with Crippen molar-refractivity contribution >= 4 is 49.6 Å². The molecule has 0 aliphatic heterocycles. The van der Waals surface area contributed by atoms with E-state index in [1.807, 2.05) is 0 Å². The second-order valence-electron chi connectivity index (χ2n) is 15.3. The third-order valence-electron chi connectivity index (χ3n) is 11.7. The molecular weight excluding hydrogens is 727 g/mol. The predicted molar refractivity (Wildman–Crippen MR) is 253 cm³/mol. The van der Waals surface area contributed by atoms with Crippen LogP contribution >= 0.6 is 0 Å². The Kier molecular flexibility index (Phi) is 8.87. The van der Waals surface area contributed by atoms with E-state index in [2.05, 4.69) is 241 Å². The van der Waals surface area contributed by atoms with Crippen LogP contribution in [0.2, 0.25) is 0 Å². The van der Waals surface area contributed by atoms with Crippen LogP contribution in [0.25, 0.3) is 88.3 Å². The molecule has 11 rings (SSSR count). The van der Waals surface area contributed by atoms with Gasteiger partial charge in [0.15, 0.2) is 0 Å². The second-order valence-corrected chi connectivity index (χ2v) is 15.3. The van der Waals surface area contributed by atoms with Crippen LogP contribution in [-0.4, -0.2) is 0 Å². The molecule has 0 bridgehead atoms. The maximum Gasteiger partial charge on any atom is 0.143 e. The van der Waals surface area contributed by atoms with Gasteiger partial charge in [0.25, 0.3) is 0 Å². The molecule has 0 atom stereocenters. The summed E-state index contributed by atoms with van der Waals surface area (Å²) in [6.07, 6.45) is 0. The Labute approximate surface area is 349 Å². The number of para-hydroxylation sites is 1. The summed E-state index contributed by atoms with van der Waals surface area (Å²) in [5.41, 5.74) is 14.6. The molecule has 0 radical (unpaired) electrons.